The average molecular weight is 754 g/mol. The van der Waals surface area contributed by atoms with E-state index in [0.29, 0.717) is 35.2 Å². The summed E-state index contributed by atoms with van der Waals surface area (Å²) in [5.41, 5.74) is 1.69. The van der Waals surface area contributed by atoms with Gasteiger partial charge in [0.1, 0.15) is 0 Å². The van der Waals surface area contributed by atoms with Gasteiger partial charge in [0.2, 0.25) is 0 Å². The van der Waals surface area contributed by atoms with Crippen molar-refractivity contribution in [2.75, 3.05) is 13.2 Å². The van der Waals surface area contributed by atoms with Crippen LogP contribution in [0.4, 0.5) is 0 Å². The first kappa shape index (κ1) is 32.0. The van der Waals surface area contributed by atoms with Crippen molar-refractivity contribution in [3.8, 4) is 11.5 Å². The minimum absolute atomic E-state index is 0.0488. The predicted molar refractivity (Wildman–Crippen MR) is 181 cm³/mol. The van der Waals surface area contributed by atoms with Gasteiger partial charge in [0, 0.05) is 0 Å². The molecule has 8 aliphatic rings. The maximum absolute atomic E-state index is 12.9. The van der Waals surface area contributed by atoms with E-state index in [9.17, 15) is 9.59 Å². The van der Waals surface area contributed by atoms with Crippen LogP contribution in [0.3, 0.4) is 0 Å². The second-order valence-electron chi connectivity index (χ2n) is 16.5. The van der Waals surface area contributed by atoms with E-state index in [1.165, 1.54) is 82.6 Å². The quantitative estimate of drug-likeness (QED) is 0.212. The Balaban J connectivity index is 0.822. The molecular weight excluding hydrogens is 704 g/mol. The van der Waals surface area contributed by atoms with Crippen LogP contribution < -0.4 is 16.7 Å². The monoisotopic (exact) mass is 756 g/mol. The zero-order valence-corrected chi connectivity index (χ0v) is 30.8. The first-order valence-electron chi connectivity index (χ1n) is 18.1. The van der Waals surface area contributed by atoms with Gasteiger partial charge >= 0.3 is 278 Å². The van der Waals surface area contributed by atoms with Crippen LogP contribution in [0.15, 0.2) is 36.4 Å². The molecule has 0 spiro atoms. The minimum atomic E-state index is -0.650. The van der Waals surface area contributed by atoms with E-state index >= 15 is 0 Å². The summed E-state index contributed by atoms with van der Waals surface area (Å²) in [4.78, 5) is 25.9. The van der Waals surface area contributed by atoms with Crippen molar-refractivity contribution >= 4 is 40.1 Å². The van der Waals surface area contributed by atoms with Crippen molar-refractivity contribution < 1.29 is 28.5 Å². The van der Waals surface area contributed by atoms with Gasteiger partial charge in [-0.1, -0.05) is 0 Å². The summed E-state index contributed by atoms with van der Waals surface area (Å²) in [5, 5.41) is 0. The molecule has 8 aliphatic carbocycles. The van der Waals surface area contributed by atoms with Gasteiger partial charge in [-0.05, 0) is 12.8 Å². The molecule has 0 aliphatic heterocycles. The molecule has 0 atom stereocenters. The molecule has 6 nitrogen and oxygen atoms in total. The Morgan fingerprint density at radius 3 is 1.26 bits per heavy atom. The van der Waals surface area contributed by atoms with Crippen molar-refractivity contribution in [3.63, 3.8) is 0 Å². The molecule has 2 aromatic carbocycles. The van der Waals surface area contributed by atoms with Gasteiger partial charge in [0.05, 0.1) is 0 Å². The van der Waals surface area contributed by atoms with Gasteiger partial charge in [-0.25, -0.2) is 0 Å². The van der Waals surface area contributed by atoms with E-state index in [1.807, 2.05) is 24.3 Å². The van der Waals surface area contributed by atoms with Gasteiger partial charge in [0.25, 0.3) is 0 Å². The Labute approximate surface area is 290 Å². The third-order valence-electron chi connectivity index (χ3n) is 13.4. The Kier molecular flexibility index (Phi) is 8.36. The molecule has 0 radical (unpaired) electrons. The molecule has 8 bridgehead atoms. The molecule has 0 saturated heterocycles. The van der Waals surface area contributed by atoms with Crippen LogP contribution in [-0.2, 0) is 19.1 Å². The van der Waals surface area contributed by atoms with Crippen LogP contribution in [-0.4, -0.2) is 57.3 Å². The van der Waals surface area contributed by atoms with Crippen LogP contribution in [0.2, 0.25) is 0 Å². The molecule has 0 amide bonds. The number of benzene rings is 2. The number of hydrogen-bond acceptors (Lipinski definition) is 6. The number of hydrogen-bond donors (Lipinski definition) is 0. The van der Waals surface area contributed by atoms with Crippen LogP contribution in [0.1, 0.15) is 89.2 Å². The maximum atomic E-state index is 12.9. The summed E-state index contributed by atoms with van der Waals surface area (Å²) in [7, 11) is 0. The summed E-state index contributed by atoms with van der Waals surface area (Å²) in [6.07, 6.45) is 12.5. The van der Waals surface area contributed by atoms with E-state index < -0.39 is 20.9 Å². The molecule has 0 aromatic heterocycles. The number of carbonyl (C=O) groups is 2. The molecule has 0 N–H and O–H groups in total. The van der Waals surface area contributed by atoms with Crippen LogP contribution in [0.5, 0.6) is 11.5 Å². The topological polar surface area (TPSA) is 71.1 Å². The molecule has 47 heavy (non-hydrogen) atoms. The fourth-order valence-electron chi connectivity index (χ4n) is 11.2. The van der Waals surface area contributed by atoms with E-state index in [1.54, 1.807) is 0 Å². The number of esters is 2. The van der Waals surface area contributed by atoms with Crippen LogP contribution in [0, 0.1) is 61.2 Å². The number of aryl methyl sites for hydroxylation is 2. The number of rotatable bonds is 10. The summed E-state index contributed by atoms with van der Waals surface area (Å²) >= 11 is -0.650. The molecule has 0 heterocycles. The van der Waals surface area contributed by atoms with Gasteiger partial charge < -0.3 is 0 Å². The standard InChI is InChI=1S/C40H50O6Te/c1-23-9-33(43-21-37(41)45-39(3)29-13-25-11-26(15-29)16-30(39)14-25)5-7-35(23)47-36-8-6-34(10-24(36)2)44-22-38(42)46-40(4)31-17-27-12-28(19-31)20-32(40)18-27/h5-10,25-32H,11-22H2,1-4H3. The van der Waals surface area contributed by atoms with Crippen molar-refractivity contribution in [1.29, 1.82) is 0 Å². The Hall–Kier alpha value is -2.23. The summed E-state index contributed by atoms with van der Waals surface area (Å²) in [5.74, 6) is 6.33. The Morgan fingerprint density at radius 2 is 0.936 bits per heavy atom. The molecule has 8 saturated carbocycles. The third kappa shape index (κ3) is 6.11. The third-order valence-corrected chi connectivity index (χ3v) is 17.3. The zero-order chi connectivity index (χ0) is 32.5. The van der Waals surface area contributed by atoms with Crippen LogP contribution in [0.25, 0.3) is 0 Å². The molecule has 2 aromatic rings. The van der Waals surface area contributed by atoms with Crippen molar-refractivity contribution in [3.05, 3.63) is 47.5 Å². The SMILES string of the molecule is Cc1cc(OCC(=O)OC2(C)C3CC4CC(C3)CC2C4)ccc1[Te]c1ccc(OCC(=O)OC2(C)C3CC4CC(C3)CC2C4)cc1C. The predicted octanol–water partition coefficient (Wildman–Crippen LogP) is 6.23. The normalized spacial score (nSPS) is 37.5. The van der Waals surface area contributed by atoms with Crippen LogP contribution >= 0.6 is 0 Å². The summed E-state index contributed by atoms with van der Waals surface area (Å²) in [6, 6.07) is 12.3. The van der Waals surface area contributed by atoms with E-state index in [-0.39, 0.29) is 36.4 Å². The van der Waals surface area contributed by atoms with Gasteiger partial charge in [-0.3, -0.25) is 0 Å². The zero-order valence-electron chi connectivity index (χ0n) is 28.4. The van der Waals surface area contributed by atoms with Gasteiger partial charge in [-0.15, -0.1) is 0 Å². The molecule has 0 unspecified atom stereocenters. The van der Waals surface area contributed by atoms with E-state index in [4.69, 9.17) is 18.9 Å². The molecule has 10 rings (SSSR count). The second-order valence-corrected chi connectivity index (χ2v) is 19.6. The average Bonchev–Trinajstić information content (AvgIpc) is 3.02. The number of carbonyl (C=O) groups excluding carboxylic acids is 2. The molecule has 7 heteroatoms. The fraction of sp³-hybridized carbons (Fsp3) is 0.650. The van der Waals surface area contributed by atoms with Crippen molar-refractivity contribution in [1.82, 2.24) is 0 Å². The first-order chi connectivity index (χ1) is 22.5. The molecule has 252 valence electrons. The molecule has 8 fully saturated rings. The first-order valence-corrected chi connectivity index (χ1v) is 20.5. The Morgan fingerprint density at radius 1 is 0.596 bits per heavy atom. The summed E-state index contributed by atoms with van der Waals surface area (Å²) in [6.45, 7) is 8.49. The van der Waals surface area contributed by atoms with E-state index in [0.717, 1.165) is 23.7 Å². The number of ether oxygens (including phenoxy) is 4. The van der Waals surface area contributed by atoms with Gasteiger partial charge in [0.15, 0.2) is 0 Å². The van der Waals surface area contributed by atoms with Gasteiger partial charge in [-0.2, -0.15) is 0 Å². The van der Waals surface area contributed by atoms with Crippen molar-refractivity contribution in [2.24, 2.45) is 47.3 Å². The Bertz CT molecular complexity index is 1380. The summed E-state index contributed by atoms with van der Waals surface area (Å²) < 4.78 is 26.9. The molecular formula is C40H50O6Te. The van der Waals surface area contributed by atoms with E-state index in [2.05, 4.69) is 39.8 Å². The fourth-order valence-corrected chi connectivity index (χ4v) is 13.9. The second kappa shape index (κ2) is 12.3. The van der Waals surface area contributed by atoms with Crippen molar-refractivity contribution in [2.45, 2.75) is 103 Å².